The number of nitro groups is 1. The van der Waals surface area contributed by atoms with Crippen molar-refractivity contribution in [2.45, 2.75) is 11.4 Å². The van der Waals surface area contributed by atoms with Crippen molar-refractivity contribution in [3.05, 3.63) is 39.9 Å². The summed E-state index contributed by atoms with van der Waals surface area (Å²) in [4.78, 5) is 20.4. The van der Waals surface area contributed by atoms with E-state index in [2.05, 4.69) is 0 Å². The minimum atomic E-state index is -0.639. The van der Waals surface area contributed by atoms with Gasteiger partial charge in [-0.25, -0.2) is 0 Å². The molecule has 0 atom stereocenters. The Morgan fingerprint density at radius 1 is 1.47 bits per heavy atom. The molecule has 5 nitrogen and oxygen atoms in total. The Kier molecular flexibility index (Phi) is 4.47. The van der Waals surface area contributed by atoms with Crippen molar-refractivity contribution in [3.63, 3.8) is 0 Å². The molecule has 0 bridgehead atoms. The topological polar surface area (TPSA) is 69.4 Å². The standard InChI is InChI=1S/C9H9INO4/c1-7(12)15-10-6-8-2-4-9(5-3-8)11(13)14/h2-5H,6H2,1H3. The van der Waals surface area contributed by atoms with Crippen LogP contribution < -0.4 is 0 Å². The highest BCUT2D eigenvalue weighted by Crippen LogP contribution is 2.22. The predicted molar refractivity (Wildman–Crippen MR) is 62.6 cm³/mol. The summed E-state index contributed by atoms with van der Waals surface area (Å²) in [6, 6.07) is 6.27. The molecule has 6 heteroatoms. The molecule has 0 aliphatic heterocycles. The molecule has 1 radical (unpaired) electrons. The van der Waals surface area contributed by atoms with Crippen LogP contribution in [0.15, 0.2) is 24.3 Å². The molecule has 0 amide bonds. The summed E-state index contributed by atoms with van der Waals surface area (Å²) in [5.41, 5.74) is 1.03. The highest BCUT2D eigenvalue weighted by Gasteiger charge is 2.04. The van der Waals surface area contributed by atoms with E-state index in [9.17, 15) is 14.9 Å². The first-order chi connectivity index (χ1) is 7.09. The van der Waals surface area contributed by atoms with Gasteiger partial charge in [-0.15, -0.1) is 0 Å². The van der Waals surface area contributed by atoms with E-state index < -0.39 is 26.5 Å². The van der Waals surface area contributed by atoms with E-state index in [1.54, 1.807) is 12.1 Å². The first kappa shape index (κ1) is 11.9. The number of alkyl halides is 1. The lowest BCUT2D eigenvalue weighted by Crippen LogP contribution is -1.90. The number of halogens is 1. The van der Waals surface area contributed by atoms with Gasteiger partial charge in [-0.3, -0.25) is 14.9 Å². The highest BCUT2D eigenvalue weighted by molar-refractivity contribution is 14.2. The molecule has 0 unspecified atom stereocenters. The number of hydrogen-bond donors (Lipinski definition) is 0. The van der Waals surface area contributed by atoms with Gasteiger partial charge in [0.15, 0.2) is 0 Å². The van der Waals surface area contributed by atoms with E-state index in [-0.39, 0.29) is 11.7 Å². The summed E-state index contributed by atoms with van der Waals surface area (Å²) in [7, 11) is 0. The molecule has 0 saturated heterocycles. The van der Waals surface area contributed by atoms with Crippen LogP contribution in [0.2, 0.25) is 0 Å². The second-order valence-electron chi connectivity index (χ2n) is 2.74. The Morgan fingerprint density at radius 3 is 2.53 bits per heavy atom. The van der Waals surface area contributed by atoms with E-state index in [4.69, 9.17) is 3.07 Å². The number of non-ortho nitro benzene ring substituents is 1. The Bertz CT molecular complexity index is 363. The first-order valence-corrected chi connectivity index (χ1v) is 6.50. The van der Waals surface area contributed by atoms with Crippen LogP contribution in [0.3, 0.4) is 0 Å². The van der Waals surface area contributed by atoms with Crippen molar-refractivity contribution < 1.29 is 12.8 Å². The maximum absolute atomic E-state index is 10.5. The van der Waals surface area contributed by atoms with Gasteiger partial charge in [0, 0.05) is 19.1 Å². The molecule has 0 aliphatic carbocycles. The zero-order chi connectivity index (χ0) is 11.3. The van der Waals surface area contributed by atoms with E-state index in [1.807, 2.05) is 0 Å². The fourth-order valence-corrected chi connectivity index (χ4v) is 2.34. The van der Waals surface area contributed by atoms with E-state index in [1.165, 1.54) is 19.1 Å². The Balaban J connectivity index is 2.50. The summed E-state index contributed by atoms with van der Waals surface area (Å²) in [5.74, 6) is -0.273. The van der Waals surface area contributed by atoms with Gasteiger partial charge in [0.2, 0.25) is 0 Å². The van der Waals surface area contributed by atoms with Crippen LogP contribution in [0, 0.1) is 10.1 Å². The van der Waals surface area contributed by atoms with Gasteiger partial charge in [0.25, 0.3) is 5.69 Å². The summed E-state index contributed by atoms with van der Waals surface area (Å²) in [6.45, 7) is 1.37. The largest absolute Gasteiger partial charge is 0.408 e. The summed E-state index contributed by atoms with van der Waals surface area (Å²) >= 11 is -0.639. The maximum Gasteiger partial charge on any atom is 0.311 e. The van der Waals surface area contributed by atoms with Crippen LogP contribution in [0.5, 0.6) is 0 Å². The van der Waals surface area contributed by atoms with Gasteiger partial charge >= 0.3 is 5.97 Å². The zero-order valence-corrected chi connectivity index (χ0v) is 10.1. The van der Waals surface area contributed by atoms with Crippen LogP contribution in [0.4, 0.5) is 5.69 Å². The van der Waals surface area contributed by atoms with Crippen molar-refractivity contribution in [1.82, 2.24) is 0 Å². The van der Waals surface area contributed by atoms with Gasteiger partial charge in [-0.05, 0) is 5.56 Å². The van der Waals surface area contributed by atoms with Crippen molar-refractivity contribution >= 4 is 33.3 Å². The first-order valence-electron chi connectivity index (χ1n) is 4.09. The Labute approximate surface area is 97.4 Å². The molecule has 15 heavy (non-hydrogen) atoms. The normalized spacial score (nSPS) is 9.67. The minimum absolute atomic E-state index is 0.0736. The molecule has 0 saturated carbocycles. The second-order valence-corrected chi connectivity index (χ2v) is 4.56. The smallest absolute Gasteiger partial charge is 0.311 e. The Morgan fingerprint density at radius 2 is 2.07 bits per heavy atom. The lowest BCUT2D eigenvalue weighted by Gasteiger charge is -1.99. The van der Waals surface area contributed by atoms with Crippen LogP contribution >= 0.6 is 21.6 Å². The number of benzene rings is 1. The number of hydrogen-bond acceptors (Lipinski definition) is 4. The summed E-state index contributed by atoms with van der Waals surface area (Å²) in [6.07, 6.45) is 0. The van der Waals surface area contributed by atoms with E-state index in [0.717, 1.165) is 5.56 Å². The van der Waals surface area contributed by atoms with Gasteiger partial charge in [0.1, 0.15) is 0 Å². The highest BCUT2D eigenvalue weighted by atomic mass is 127. The van der Waals surface area contributed by atoms with Crippen molar-refractivity contribution in [2.24, 2.45) is 0 Å². The molecular weight excluding hydrogens is 313 g/mol. The number of carbonyl (C=O) groups excluding carboxylic acids is 1. The third-order valence-electron chi connectivity index (χ3n) is 1.52. The second kappa shape index (κ2) is 5.64. The number of nitro benzene ring substituents is 1. The monoisotopic (exact) mass is 322 g/mol. The van der Waals surface area contributed by atoms with Crippen molar-refractivity contribution in [1.29, 1.82) is 0 Å². The third kappa shape index (κ3) is 4.24. The van der Waals surface area contributed by atoms with E-state index in [0.29, 0.717) is 4.43 Å². The van der Waals surface area contributed by atoms with E-state index >= 15 is 0 Å². The lowest BCUT2D eigenvalue weighted by molar-refractivity contribution is -0.384. The summed E-state index contributed by atoms with van der Waals surface area (Å²) < 4.78 is 5.54. The van der Waals surface area contributed by atoms with Crippen LogP contribution in [0.25, 0.3) is 0 Å². The van der Waals surface area contributed by atoms with Crippen molar-refractivity contribution in [2.75, 3.05) is 0 Å². The molecule has 1 aromatic carbocycles. The fraction of sp³-hybridized carbons (Fsp3) is 0.222. The van der Waals surface area contributed by atoms with Crippen LogP contribution in [0.1, 0.15) is 12.5 Å². The SMILES string of the molecule is CC(=O)O[I]Cc1ccc([N+](=O)[O-])cc1. The molecule has 0 spiro atoms. The van der Waals surface area contributed by atoms with Crippen molar-refractivity contribution in [3.8, 4) is 0 Å². The van der Waals surface area contributed by atoms with Gasteiger partial charge < -0.3 is 3.07 Å². The van der Waals surface area contributed by atoms with Gasteiger partial charge in [-0.1, -0.05) is 12.1 Å². The Hall–Kier alpha value is -1.18. The molecule has 0 N–H and O–H groups in total. The number of rotatable bonds is 4. The average Bonchev–Trinajstić information content (AvgIpc) is 2.18. The third-order valence-corrected chi connectivity index (χ3v) is 3.64. The molecule has 0 fully saturated rings. The molecule has 1 aromatic rings. The van der Waals surface area contributed by atoms with Gasteiger partial charge in [-0.2, -0.15) is 0 Å². The molecule has 81 valence electrons. The average molecular weight is 322 g/mol. The molecule has 0 heterocycles. The molecule has 0 aromatic heterocycles. The minimum Gasteiger partial charge on any atom is -0.408 e. The van der Waals surface area contributed by atoms with Crippen LogP contribution in [-0.2, 0) is 12.3 Å². The molecule has 1 rings (SSSR count). The van der Waals surface area contributed by atoms with Gasteiger partial charge in [0.05, 0.1) is 31.0 Å². The van der Waals surface area contributed by atoms with Crippen LogP contribution in [-0.4, -0.2) is 10.9 Å². The predicted octanol–water partition coefficient (Wildman–Crippen LogP) is 2.54. The zero-order valence-electron chi connectivity index (χ0n) is 7.97. The number of carbonyl (C=O) groups is 1. The fourth-order valence-electron chi connectivity index (χ4n) is 0.874. The quantitative estimate of drug-likeness (QED) is 0.370. The lowest BCUT2D eigenvalue weighted by atomic mass is 10.2. The summed E-state index contributed by atoms with van der Waals surface area (Å²) in [5, 5.41) is 10.4. The molecular formula is C9H9INO4. The number of nitrogens with zero attached hydrogens (tertiary/aromatic N) is 1. The molecule has 0 aliphatic rings. The maximum atomic E-state index is 10.5.